The Balaban J connectivity index is 2.49. The van der Waals surface area contributed by atoms with Gasteiger partial charge in [0.1, 0.15) is 11.6 Å². The molecule has 21 heavy (non-hydrogen) atoms. The SMILES string of the molecule is CCC(C)NC(=O)/C(C#N)=C\NCCc1ccccc1Br. The molecule has 0 radical (unpaired) electrons. The molecular formula is C16H20BrN3O. The van der Waals surface area contributed by atoms with Crippen LogP contribution in [0.2, 0.25) is 0 Å². The minimum Gasteiger partial charge on any atom is -0.389 e. The fraction of sp³-hybridized carbons (Fsp3) is 0.375. The van der Waals surface area contributed by atoms with Crippen LogP contribution in [0.3, 0.4) is 0 Å². The van der Waals surface area contributed by atoms with Gasteiger partial charge in [-0.3, -0.25) is 4.79 Å². The Morgan fingerprint density at radius 1 is 1.48 bits per heavy atom. The van der Waals surface area contributed by atoms with Crippen LogP contribution >= 0.6 is 15.9 Å². The van der Waals surface area contributed by atoms with Crippen LogP contribution in [0.1, 0.15) is 25.8 Å². The summed E-state index contributed by atoms with van der Waals surface area (Å²) >= 11 is 3.49. The molecule has 0 aromatic heterocycles. The van der Waals surface area contributed by atoms with Gasteiger partial charge in [0.2, 0.25) is 0 Å². The zero-order valence-electron chi connectivity index (χ0n) is 12.3. The highest BCUT2D eigenvalue weighted by Crippen LogP contribution is 2.15. The van der Waals surface area contributed by atoms with Gasteiger partial charge in [0, 0.05) is 23.3 Å². The number of rotatable bonds is 7. The van der Waals surface area contributed by atoms with Crippen molar-refractivity contribution in [3.63, 3.8) is 0 Å². The maximum Gasteiger partial charge on any atom is 0.263 e. The summed E-state index contributed by atoms with van der Waals surface area (Å²) in [6.07, 6.45) is 3.12. The summed E-state index contributed by atoms with van der Waals surface area (Å²) in [5.41, 5.74) is 1.28. The maximum absolute atomic E-state index is 11.8. The van der Waals surface area contributed by atoms with E-state index in [2.05, 4.69) is 26.6 Å². The fourth-order valence-electron chi connectivity index (χ4n) is 1.63. The maximum atomic E-state index is 11.8. The largest absolute Gasteiger partial charge is 0.389 e. The third-order valence-corrected chi connectivity index (χ3v) is 3.87. The van der Waals surface area contributed by atoms with Crippen molar-refractivity contribution in [1.82, 2.24) is 10.6 Å². The highest BCUT2D eigenvalue weighted by Gasteiger charge is 2.10. The summed E-state index contributed by atoms with van der Waals surface area (Å²) in [6, 6.07) is 9.96. The number of nitriles is 1. The van der Waals surface area contributed by atoms with Crippen molar-refractivity contribution in [1.29, 1.82) is 5.26 Å². The molecule has 1 aromatic rings. The molecule has 112 valence electrons. The van der Waals surface area contributed by atoms with E-state index in [9.17, 15) is 4.79 Å². The third kappa shape index (κ3) is 6.01. The van der Waals surface area contributed by atoms with Crippen LogP contribution in [0, 0.1) is 11.3 Å². The molecule has 1 rings (SSSR count). The first-order valence-electron chi connectivity index (χ1n) is 6.96. The lowest BCUT2D eigenvalue weighted by molar-refractivity contribution is -0.117. The Morgan fingerprint density at radius 3 is 2.81 bits per heavy atom. The molecule has 1 aromatic carbocycles. The lowest BCUT2D eigenvalue weighted by Gasteiger charge is -2.10. The van der Waals surface area contributed by atoms with Crippen LogP contribution in [-0.2, 0) is 11.2 Å². The van der Waals surface area contributed by atoms with Crippen LogP contribution in [0.4, 0.5) is 0 Å². The molecule has 0 aliphatic carbocycles. The first-order valence-corrected chi connectivity index (χ1v) is 7.75. The average Bonchev–Trinajstić information content (AvgIpc) is 2.48. The van der Waals surface area contributed by atoms with Gasteiger partial charge >= 0.3 is 0 Å². The topological polar surface area (TPSA) is 64.9 Å². The van der Waals surface area contributed by atoms with Crippen molar-refractivity contribution >= 4 is 21.8 Å². The zero-order chi connectivity index (χ0) is 15.7. The number of benzene rings is 1. The predicted molar refractivity (Wildman–Crippen MR) is 87.4 cm³/mol. The van der Waals surface area contributed by atoms with Crippen LogP contribution in [-0.4, -0.2) is 18.5 Å². The van der Waals surface area contributed by atoms with Crippen LogP contribution in [0.15, 0.2) is 40.5 Å². The molecule has 0 heterocycles. The van der Waals surface area contributed by atoms with E-state index in [0.29, 0.717) is 6.54 Å². The van der Waals surface area contributed by atoms with Gasteiger partial charge in [-0.1, -0.05) is 41.1 Å². The minimum absolute atomic E-state index is 0.0644. The number of hydrogen-bond donors (Lipinski definition) is 2. The molecule has 1 atom stereocenters. The van der Waals surface area contributed by atoms with E-state index in [0.717, 1.165) is 17.3 Å². The van der Waals surface area contributed by atoms with Gasteiger partial charge in [0.25, 0.3) is 5.91 Å². The second-order valence-corrected chi connectivity index (χ2v) is 5.60. The van der Waals surface area contributed by atoms with Gasteiger partial charge in [-0.15, -0.1) is 0 Å². The van der Waals surface area contributed by atoms with Crippen molar-refractivity contribution < 1.29 is 4.79 Å². The van der Waals surface area contributed by atoms with Crippen molar-refractivity contribution in [2.45, 2.75) is 32.7 Å². The van der Waals surface area contributed by atoms with E-state index >= 15 is 0 Å². The van der Waals surface area contributed by atoms with Gasteiger partial charge in [-0.25, -0.2) is 0 Å². The van der Waals surface area contributed by atoms with Crippen LogP contribution in [0.25, 0.3) is 0 Å². The van der Waals surface area contributed by atoms with Gasteiger partial charge in [-0.05, 0) is 31.4 Å². The number of hydrogen-bond acceptors (Lipinski definition) is 3. The first-order chi connectivity index (χ1) is 10.1. The average molecular weight is 350 g/mol. The van der Waals surface area contributed by atoms with E-state index in [1.165, 1.54) is 11.8 Å². The van der Waals surface area contributed by atoms with Gasteiger partial charge in [0.15, 0.2) is 0 Å². The van der Waals surface area contributed by atoms with Crippen molar-refractivity contribution in [3.05, 3.63) is 46.1 Å². The monoisotopic (exact) mass is 349 g/mol. The standard InChI is InChI=1S/C16H20BrN3O/c1-3-12(2)20-16(21)14(10-18)11-19-9-8-13-6-4-5-7-15(13)17/h4-7,11-12,19H,3,8-9H2,1-2H3,(H,20,21)/b14-11-. The van der Waals surface area contributed by atoms with Crippen molar-refractivity contribution in [2.75, 3.05) is 6.54 Å². The van der Waals surface area contributed by atoms with Crippen molar-refractivity contribution in [2.24, 2.45) is 0 Å². The van der Waals surface area contributed by atoms with Crippen LogP contribution < -0.4 is 10.6 Å². The quantitative estimate of drug-likeness (QED) is 0.452. The smallest absolute Gasteiger partial charge is 0.263 e. The molecule has 2 N–H and O–H groups in total. The number of halogens is 1. The lowest BCUT2D eigenvalue weighted by atomic mass is 10.1. The summed E-state index contributed by atoms with van der Waals surface area (Å²) in [5.74, 6) is -0.333. The Morgan fingerprint density at radius 2 is 2.19 bits per heavy atom. The van der Waals surface area contributed by atoms with Gasteiger partial charge < -0.3 is 10.6 Å². The number of nitrogens with zero attached hydrogens (tertiary/aromatic N) is 1. The Labute approximate surface area is 134 Å². The summed E-state index contributed by atoms with van der Waals surface area (Å²) < 4.78 is 1.06. The van der Waals surface area contributed by atoms with E-state index in [-0.39, 0.29) is 17.5 Å². The molecule has 0 fully saturated rings. The molecule has 5 heteroatoms. The normalized spacial score (nSPS) is 12.4. The van der Waals surface area contributed by atoms with E-state index in [4.69, 9.17) is 5.26 Å². The highest BCUT2D eigenvalue weighted by atomic mass is 79.9. The molecule has 1 unspecified atom stereocenters. The number of nitrogens with one attached hydrogen (secondary N) is 2. The number of carbonyl (C=O) groups is 1. The second-order valence-electron chi connectivity index (χ2n) is 4.75. The zero-order valence-corrected chi connectivity index (χ0v) is 13.9. The summed E-state index contributed by atoms with van der Waals surface area (Å²) in [7, 11) is 0. The van der Waals surface area contributed by atoms with E-state index in [1.54, 1.807) is 0 Å². The fourth-order valence-corrected chi connectivity index (χ4v) is 2.12. The second kappa shape index (κ2) is 9.19. The molecule has 1 amide bonds. The molecule has 0 spiro atoms. The van der Waals surface area contributed by atoms with Gasteiger partial charge in [-0.2, -0.15) is 5.26 Å². The summed E-state index contributed by atoms with van der Waals surface area (Å²) in [6.45, 7) is 4.55. The number of amides is 1. The molecule has 4 nitrogen and oxygen atoms in total. The first kappa shape index (κ1) is 17.3. The predicted octanol–water partition coefficient (Wildman–Crippen LogP) is 2.90. The lowest BCUT2D eigenvalue weighted by Crippen LogP contribution is -2.33. The molecule has 0 aliphatic heterocycles. The highest BCUT2D eigenvalue weighted by molar-refractivity contribution is 9.10. The third-order valence-electron chi connectivity index (χ3n) is 3.10. The molecule has 0 saturated heterocycles. The molecule has 0 aliphatic rings. The molecule has 0 saturated carbocycles. The summed E-state index contributed by atoms with van der Waals surface area (Å²) in [5, 5.41) is 14.8. The van der Waals surface area contributed by atoms with E-state index in [1.807, 2.05) is 44.2 Å². The Kier molecular flexibility index (Phi) is 7.55. The summed E-state index contributed by atoms with van der Waals surface area (Å²) in [4.78, 5) is 11.8. The molecule has 0 bridgehead atoms. The van der Waals surface area contributed by atoms with Crippen molar-refractivity contribution in [3.8, 4) is 6.07 Å². The van der Waals surface area contributed by atoms with Gasteiger partial charge in [0.05, 0.1) is 0 Å². The minimum atomic E-state index is -0.333. The van der Waals surface area contributed by atoms with Crippen LogP contribution in [0.5, 0.6) is 0 Å². The Hall–Kier alpha value is -1.80. The van der Waals surface area contributed by atoms with E-state index < -0.39 is 0 Å². The number of carbonyl (C=O) groups excluding carboxylic acids is 1. The molecular weight excluding hydrogens is 330 g/mol. The Bertz CT molecular complexity index is 549.